The first-order chi connectivity index (χ1) is 14.5. The summed E-state index contributed by atoms with van der Waals surface area (Å²) in [7, 11) is -3.07. The number of nitriles is 1. The van der Waals surface area contributed by atoms with Gasteiger partial charge in [0, 0.05) is 44.1 Å². The van der Waals surface area contributed by atoms with Crippen LogP contribution in [0.1, 0.15) is 40.9 Å². The molecule has 164 valence electrons. The van der Waals surface area contributed by atoms with Crippen LogP contribution in [0.5, 0.6) is 0 Å². The van der Waals surface area contributed by atoms with Crippen molar-refractivity contribution in [3.8, 4) is 6.07 Å². The van der Waals surface area contributed by atoms with E-state index < -0.39 is 21.6 Å². The predicted molar refractivity (Wildman–Crippen MR) is 112 cm³/mol. The summed E-state index contributed by atoms with van der Waals surface area (Å²) >= 11 is 0. The lowest BCUT2D eigenvalue weighted by Gasteiger charge is -2.25. The van der Waals surface area contributed by atoms with E-state index in [4.69, 9.17) is 4.78 Å². The van der Waals surface area contributed by atoms with Crippen LogP contribution in [0.3, 0.4) is 0 Å². The SMILES string of the molecule is Cc1cc(C#N)nc(N2CCCC(F)(F)CC2)c1C(=O)Nc1ccnc([S@](C)(=N)=O)c1. The zero-order chi connectivity index (χ0) is 22.8. The van der Waals surface area contributed by atoms with Crippen LogP contribution in [0.2, 0.25) is 0 Å². The molecule has 1 saturated heterocycles. The highest BCUT2D eigenvalue weighted by Crippen LogP contribution is 2.32. The van der Waals surface area contributed by atoms with Crippen LogP contribution in [0, 0.1) is 23.0 Å². The molecule has 31 heavy (non-hydrogen) atoms. The average molecular weight is 448 g/mol. The molecule has 0 aromatic carbocycles. The molecule has 0 aliphatic carbocycles. The Balaban J connectivity index is 1.99. The third kappa shape index (κ3) is 5.32. The number of nitrogens with zero attached hydrogens (tertiary/aromatic N) is 4. The Hall–Kier alpha value is -3.13. The van der Waals surface area contributed by atoms with Crippen LogP contribution in [-0.2, 0) is 9.73 Å². The Kier molecular flexibility index (Phi) is 6.22. The van der Waals surface area contributed by atoms with Crippen molar-refractivity contribution in [3.63, 3.8) is 0 Å². The molecular formula is C20H22F2N6O2S. The highest BCUT2D eigenvalue weighted by molar-refractivity contribution is 7.91. The minimum absolute atomic E-state index is 0.00471. The summed E-state index contributed by atoms with van der Waals surface area (Å²) in [6.07, 6.45) is 2.18. The van der Waals surface area contributed by atoms with E-state index in [1.165, 1.54) is 30.7 Å². The summed E-state index contributed by atoms with van der Waals surface area (Å²) < 4.78 is 47.3. The lowest BCUT2D eigenvalue weighted by atomic mass is 10.1. The fourth-order valence-electron chi connectivity index (χ4n) is 3.39. The average Bonchev–Trinajstić information content (AvgIpc) is 2.87. The van der Waals surface area contributed by atoms with Gasteiger partial charge in [0.15, 0.2) is 0 Å². The van der Waals surface area contributed by atoms with Crippen LogP contribution in [0.15, 0.2) is 29.4 Å². The molecule has 1 atom stereocenters. The van der Waals surface area contributed by atoms with Gasteiger partial charge in [0.2, 0.25) is 5.92 Å². The lowest BCUT2D eigenvalue weighted by molar-refractivity contribution is -0.0102. The Labute approximate surface area is 179 Å². The number of aromatic nitrogens is 2. The number of hydrogen-bond acceptors (Lipinski definition) is 7. The van der Waals surface area contributed by atoms with Gasteiger partial charge in [-0.1, -0.05) is 0 Å². The predicted octanol–water partition coefficient (Wildman–Crippen LogP) is 3.57. The van der Waals surface area contributed by atoms with Gasteiger partial charge >= 0.3 is 0 Å². The van der Waals surface area contributed by atoms with Crippen molar-refractivity contribution in [1.82, 2.24) is 9.97 Å². The van der Waals surface area contributed by atoms with Crippen molar-refractivity contribution in [2.45, 2.75) is 37.1 Å². The van der Waals surface area contributed by atoms with Gasteiger partial charge in [-0.05, 0) is 37.1 Å². The second-order valence-electron chi connectivity index (χ2n) is 7.51. The summed E-state index contributed by atoms with van der Waals surface area (Å²) in [5.41, 5.74) is 1.02. The zero-order valence-corrected chi connectivity index (χ0v) is 17.9. The number of alkyl halides is 2. The van der Waals surface area contributed by atoms with Crippen molar-refractivity contribution in [3.05, 3.63) is 41.2 Å². The van der Waals surface area contributed by atoms with Gasteiger partial charge in [-0.3, -0.25) is 4.79 Å². The quantitative estimate of drug-likeness (QED) is 0.737. The van der Waals surface area contributed by atoms with Gasteiger partial charge < -0.3 is 10.2 Å². The molecular weight excluding hydrogens is 426 g/mol. The Morgan fingerprint density at radius 3 is 2.77 bits per heavy atom. The topological polar surface area (TPSA) is 123 Å². The Morgan fingerprint density at radius 1 is 1.35 bits per heavy atom. The van der Waals surface area contributed by atoms with E-state index in [2.05, 4.69) is 15.3 Å². The van der Waals surface area contributed by atoms with E-state index in [1.807, 2.05) is 6.07 Å². The monoisotopic (exact) mass is 448 g/mol. The van der Waals surface area contributed by atoms with Gasteiger partial charge in [0.05, 0.1) is 15.3 Å². The smallest absolute Gasteiger partial charge is 0.259 e. The summed E-state index contributed by atoms with van der Waals surface area (Å²) in [6.45, 7) is 1.94. The maximum absolute atomic E-state index is 13.8. The molecule has 0 bridgehead atoms. The van der Waals surface area contributed by atoms with Crippen LogP contribution >= 0.6 is 0 Å². The number of carbonyl (C=O) groups excluding carboxylic acids is 1. The first-order valence-corrected chi connectivity index (χ1v) is 11.5. The van der Waals surface area contributed by atoms with Crippen LogP contribution < -0.4 is 10.2 Å². The van der Waals surface area contributed by atoms with Crippen molar-refractivity contribution >= 4 is 27.1 Å². The molecule has 0 saturated carbocycles. The number of rotatable bonds is 4. The van der Waals surface area contributed by atoms with Crippen molar-refractivity contribution in [1.29, 1.82) is 10.0 Å². The molecule has 3 rings (SSSR count). The fraction of sp³-hybridized carbons (Fsp3) is 0.400. The summed E-state index contributed by atoms with van der Waals surface area (Å²) in [6, 6.07) is 6.25. The minimum Gasteiger partial charge on any atom is -0.356 e. The van der Waals surface area contributed by atoms with E-state index in [1.54, 1.807) is 11.8 Å². The normalized spacial score (nSPS) is 17.8. The van der Waals surface area contributed by atoms with Gasteiger partial charge in [-0.15, -0.1) is 0 Å². The summed E-state index contributed by atoms with van der Waals surface area (Å²) in [4.78, 5) is 22.9. The highest BCUT2D eigenvalue weighted by atomic mass is 32.2. The zero-order valence-electron chi connectivity index (χ0n) is 17.1. The molecule has 3 heterocycles. The fourth-order valence-corrected chi connectivity index (χ4v) is 4.01. The maximum atomic E-state index is 13.8. The second kappa shape index (κ2) is 8.55. The highest BCUT2D eigenvalue weighted by Gasteiger charge is 2.33. The Morgan fingerprint density at radius 2 is 2.10 bits per heavy atom. The third-order valence-electron chi connectivity index (χ3n) is 4.95. The summed E-state index contributed by atoms with van der Waals surface area (Å²) in [5, 5.41) is 12.0. The van der Waals surface area contributed by atoms with E-state index >= 15 is 0 Å². The first kappa shape index (κ1) is 22.6. The molecule has 0 spiro atoms. The van der Waals surface area contributed by atoms with Crippen molar-refractivity contribution in [2.24, 2.45) is 0 Å². The molecule has 1 aliphatic rings. The van der Waals surface area contributed by atoms with Gasteiger partial charge in [-0.2, -0.15) is 5.26 Å². The maximum Gasteiger partial charge on any atom is 0.259 e. The van der Waals surface area contributed by atoms with E-state index in [9.17, 15) is 23.0 Å². The molecule has 1 amide bonds. The molecule has 0 radical (unpaired) electrons. The van der Waals surface area contributed by atoms with Gasteiger partial charge in [0.1, 0.15) is 22.6 Å². The number of pyridine rings is 2. The second-order valence-corrected chi connectivity index (χ2v) is 9.62. The lowest BCUT2D eigenvalue weighted by Crippen LogP contribution is -2.30. The molecule has 1 aliphatic heterocycles. The Bertz CT molecular complexity index is 1160. The standard InChI is InChI=1S/C20H22F2N6O2S/c1-13-10-15(12-23)26-18(28-8-3-5-20(21,22)6-9-28)17(13)19(29)27-14-4-7-25-16(11-14)31(2,24)30/h4,7,10-11,24H,3,5-6,8-9H2,1-2H3,(H,25,27,29)/t31-/m1/s1. The molecule has 1 fully saturated rings. The molecule has 2 N–H and O–H groups in total. The van der Waals surface area contributed by atoms with Crippen molar-refractivity contribution in [2.75, 3.05) is 29.6 Å². The van der Waals surface area contributed by atoms with E-state index in [0.29, 0.717) is 5.56 Å². The molecule has 2 aromatic heterocycles. The molecule has 8 nitrogen and oxygen atoms in total. The van der Waals surface area contributed by atoms with Gasteiger partial charge in [-0.25, -0.2) is 27.7 Å². The van der Waals surface area contributed by atoms with E-state index in [-0.39, 0.29) is 60.1 Å². The number of carbonyl (C=O) groups is 1. The summed E-state index contributed by atoms with van der Waals surface area (Å²) in [5.74, 6) is -3.15. The number of aryl methyl sites for hydroxylation is 1. The molecule has 0 unspecified atom stereocenters. The molecule has 2 aromatic rings. The number of nitrogens with one attached hydrogen (secondary N) is 2. The van der Waals surface area contributed by atoms with Crippen LogP contribution in [-0.4, -0.2) is 45.4 Å². The number of anilines is 2. The number of amides is 1. The molecule has 11 heteroatoms. The minimum atomic E-state index is -3.07. The number of halogens is 2. The van der Waals surface area contributed by atoms with Crippen molar-refractivity contribution < 1.29 is 17.8 Å². The largest absolute Gasteiger partial charge is 0.356 e. The van der Waals surface area contributed by atoms with Gasteiger partial charge in [0.25, 0.3) is 5.91 Å². The van der Waals surface area contributed by atoms with Crippen LogP contribution in [0.25, 0.3) is 0 Å². The van der Waals surface area contributed by atoms with E-state index in [0.717, 1.165) is 0 Å². The third-order valence-corrected chi connectivity index (χ3v) is 5.97. The first-order valence-electron chi connectivity index (χ1n) is 9.56. The number of hydrogen-bond donors (Lipinski definition) is 2. The van der Waals surface area contributed by atoms with Crippen LogP contribution in [0.4, 0.5) is 20.3 Å².